The highest BCUT2D eigenvalue weighted by atomic mass is 35.5. The SMILES string of the molecule is NC(CN1c2ccccc2COC1c1ccccc1[N+](=O)[O-])c1ccccc1Cl. The molecule has 0 amide bonds. The molecule has 4 rings (SSSR count). The third-order valence-electron chi connectivity index (χ3n) is 5.08. The number of nitro groups is 1. The molecular weight excluding hydrogens is 390 g/mol. The average Bonchev–Trinajstić information content (AvgIpc) is 2.74. The van der Waals surface area contributed by atoms with Crippen molar-refractivity contribution in [3.8, 4) is 0 Å². The molecule has 0 saturated carbocycles. The molecule has 1 aliphatic rings. The molecule has 1 heterocycles. The standard InChI is InChI=1S/C22H20ClN3O3/c23-18-10-4-2-8-16(18)19(24)13-25-20-11-5-1-7-15(20)14-29-22(25)17-9-3-6-12-21(17)26(27)28/h1-12,19,22H,13-14,24H2. The molecule has 0 bridgehead atoms. The molecule has 1 aliphatic heterocycles. The highest BCUT2D eigenvalue weighted by Crippen LogP contribution is 2.40. The Bertz CT molecular complexity index is 1040. The Balaban J connectivity index is 1.76. The van der Waals surface area contributed by atoms with E-state index in [1.54, 1.807) is 24.3 Å². The minimum atomic E-state index is -0.625. The molecule has 2 atom stereocenters. The van der Waals surface area contributed by atoms with Crippen molar-refractivity contribution in [2.45, 2.75) is 18.9 Å². The molecule has 6 nitrogen and oxygen atoms in total. The van der Waals surface area contributed by atoms with Gasteiger partial charge in [-0.15, -0.1) is 0 Å². The summed E-state index contributed by atoms with van der Waals surface area (Å²) in [6, 6.07) is 21.5. The third kappa shape index (κ3) is 3.82. The summed E-state index contributed by atoms with van der Waals surface area (Å²) in [6.45, 7) is 0.752. The van der Waals surface area contributed by atoms with Crippen molar-refractivity contribution in [2.24, 2.45) is 5.73 Å². The highest BCUT2D eigenvalue weighted by Gasteiger charge is 2.33. The molecular formula is C22H20ClN3O3. The zero-order valence-corrected chi connectivity index (χ0v) is 16.3. The van der Waals surface area contributed by atoms with Gasteiger partial charge in [0, 0.05) is 34.9 Å². The maximum Gasteiger partial charge on any atom is 0.277 e. The van der Waals surface area contributed by atoms with Crippen molar-refractivity contribution in [3.63, 3.8) is 0 Å². The molecule has 0 fully saturated rings. The maximum atomic E-state index is 11.6. The Kier molecular flexibility index (Phi) is 5.49. The van der Waals surface area contributed by atoms with Gasteiger partial charge >= 0.3 is 0 Å². The van der Waals surface area contributed by atoms with Crippen molar-refractivity contribution in [1.29, 1.82) is 0 Å². The van der Waals surface area contributed by atoms with Gasteiger partial charge in [0.2, 0.25) is 0 Å². The number of anilines is 1. The van der Waals surface area contributed by atoms with Gasteiger partial charge in [-0.25, -0.2) is 0 Å². The molecule has 3 aromatic rings. The van der Waals surface area contributed by atoms with Gasteiger partial charge in [-0.3, -0.25) is 10.1 Å². The molecule has 7 heteroatoms. The largest absolute Gasteiger partial charge is 0.349 e. The second kappa shape index (κ2) is 8.21. The number of halogens is 1. The van der Waals surface area contributed by atoms with Crippen LogP contribution < -0.4 is 10.6 Å². The summed E-state index contributed by atoms with van der Waals surface area (Å²) in [7, 11) is 0. The first-order valence-electron chi connectivity index (χ1n) is 9.25. The lowest BCUT2D eigenvalue weighted by Crippen LogP contribution is -2.40. The first kappa shape index (κ1) is 19.4. The molecule has 2 N–H and O–H groups in total. The molecule has 0 spiro atoms. The Hall–Kier alpha value is -2.93. The van der Waals surface area contributed by atoms with Crippen molar-refractivity contribution in [1.82, 2.24) is 0 Å². The number of rotatable bonds is 5. The number of nitro benzene ring substituents is 1. The number of fused-ring (bicyclic) bond motifs is 1. The molecule has 0 radical (unpaired) electrons. The number of nitrogens with zero attached hydrogens (tertiary/aromatic N) is 2. The second-order valence-electron chi connectivity index (χ2n) is 6.89. The summed E-state index contributed by atoms with van der Waals surface area (Å²) in [5, 5.41) is 12.2. The van der Waals surface area contributed by atoms with E-state index in [0.717, 1.165) is 16.8 Å². The predicted molar refractivity (Wildman–Crippen MR) is 113 cm³/mol. The van der Waals surface area contributed by atoms with E-state index in [1.807, 2.05) is 47.4 Å². The van der Waals surface area contributed by atoms with Crippen LogP contribution in [0.4, 0.5) is 11.4 Å². The van der Waals surface area contributed by atoms with Crippen LogP contribution in [0.2, 0.25) is 5.02 Å². The highest BCUT2D eigenvalue weighted by molar-refractivity contribution is 6.31. The zero-order valence-electron chi connectivity index (χ0n) is 15.6. The number of benzene rings is 3. The van der Waals surface area contributed by atoms with Gasteiger partial charge in [-0.2, -0.15) is 0 Å². The Morgan fingerprint density at radius 2 is 1.79 bits per heavy atom. The fraction of sp³-hybridized carbons (Fsp3) is 0.182. The van der Waals surface area contributed by atoms with Crippen molar-refractivity contribution in [3.05, 3.63) is 105 Å². The Morgan fingerprint density at radius 1 is 1.10 bits per heavy atom. The van der Waals surface area contributed by atoms with Crippen LogP contribution in [0.3, 0.4) is 0 Å². The quantitative estimate of drug-likeness (QED) is 0.474. The van der Waals surface area contributed by atoms with Crippen LogP contribution in [-0.4, -0.2) is 11.5 Å². The van der Waals surface area contributed by atoms with E-state index >= 15 is 0 Å². The summed E-state index contributed by atoms with van der Waals surface area (Å²) >= 11 is 6.34. The summed E-state index contributed by atoms with van der Waals surface area (Å²) in [4.78, 5) is 13.2. The minimum absolute atomic E-state index is 0.0215. The van der Waals surface area contributed by atoms with Crippen molar-refractivity contribution in [2.75, 3.05) is 11.4 Å². The molecule has 0 aliphatic carbocycles. The van der Waals surface area contributed by atoms with Gasteiger partial charge in [0.1, 0.15) is 0 Å². The van der Waals surface area contributed by atoms with Crippen LogP contribution in [0.15, 0.2) is 72.8 Å². The Labute approximate surface area is 173 Å². The van der Waals surface area contributed by atoms with E-state index in [4.69, 9.17) is 22.1 Å². The maximum absolute atomic E-state index is 11.6. The first-order chi connectivity index (χ1) is 14.1. The first-order valence-corrected chi connectivity index (χ1v) is 9.63. The molecule has 29 heavy (non-hydrogen) atoms. The zero-order chi connectivity index (χ0) is 20.4. The lowest BCUT2D eigenvalue weighted by Gasteiger charge is -2.40. The summed E-state index contributed by atoms with van der Waals surface area (Å²) in [5.74, 6) is 0. The van der Waals surface area contributed by atoms with E-state index in [9.17, 15) is 10.1 Å². The number of hydrogen-bond acceptors (Lipinski definition) is 5. The van der Waals surface area contributed by atoms with Crippen molar-refractivity contribution < 1.29 is 9.66 Å². The number of ether oxygens (including phenoxy) is 1. The number of para-hydroxylation sites is 2. The van der Waals surface area contributed by atoms with E-state index in [-0.39, 0.29) is 10.6 Å². The lowest BCUT2D eigenvalue weighted by atomic mass is 10.0. The topological polar surface area (TPSA) is 81.6 Å². The molecule has 2 unspecified atom stereocenters. The van der Waals surface area contributed by atoms with E-state index in [0.29, 0.717) is 23.7 Å². The molecule has 0 aromatic heterocycles. The monoisotopic (exact) mass is 409 g/mol. The van der Waals surface area contributed by atoms with E-state index in [2.05, 4.69) is 0 Å². The predicted octanol–water partition coefficient (Wildman–Crippen LogP) is 4.98. The third-order valence-corrected chi connectivity index (χ3v) is 5.42. The normalized spacial score (nSPS) is 16.9. The lowest BCUT2D eigenvalue weighted by molar-refractivity contribution is -0.386. The van der Waals surface area contributed by atoms with Crippen LogP contribution in [-0.2, 0) is 11.3 Å². The van der Waals surface area contributed by atoms with Crippen LogP contribution in [0.25, 0.3) is 0 Å². The Morgan fingerprint density at radius 3 is 2.59 bits per heavy atom. The minimum Gasteiger partial charge on any atom is -0.349 e. The van der Waals surface area contributed by atoms with Gasteiger partial charge in [0.25, 0.3) is 5.69 Å². The van der Waals surface area contributed by atoms with Crippen LogP contribution >= 0.6 is 11.6 Å². The summed E-state index contributed by atoms with van der Waals surface area (Å²) in [6.07, 6.45) is -0.625. The molecule has 0 saturated heterocycles. The average molecular weight is 410 g/mol. The smallest absolute Gasteiger partial charge is 0.277 e. The van der Waals surface area contributed by atoms with Gasteiger partial charge in [0.15, 0.2) is 6.23 Å². The summed E-state index contributed by atoms with van der Waals surface area (Å²) in [5.41, 5.74) is 9.80. The molecule has 148 valence electrons. The molecule has 3 aromatic carbocycles. The van der Waals surface area contributed by atoms with Crippen LogP contribution in [0.5, 0.6) is 0 Å². The summed E-state index contributed by atoms with van der Waals surface area (Å²) < 4.78 is 6.09. The second-order valence-corrected chi connectivity index (χ2v) is 7.30. The van der Waals surface area contributed by atoms with Gasteiger partial charge in [0.05, 0.1) is 17.1 Å². The fourth-order valence-electron chi connectivity index (χ4n) is 3.70. The van der Waals surface area contributed by atoms with E-state index in [1.165, 1.54) is 6.07 Å². The number of hydrogen-bond donors (Lipinski definition) is 1. The van der Waals surface area contributed by atoms with Gasteiger partial charge in [-0.1, -0.05) is 60.1 Å². The van der Waals surface area contributed by atoms with Crippen LogP contribution in [0, 0.1) is 10.1 Å². The van der Waals surface area contributed by atoms with E-state index < -0.39 is 12.3 Å². The van der Waals surface area contributed by atoms with Gasteiger partial charge < -0.3 is 15.4 Å². The van der Waals surface area contributed by atoms with Crippen molar-refractivity contribution >= 4 is 23.0 Å². The fourth-order valence-corrected chi connectivity index (χ4v) is 3.97. The van der Waals surface area contributed by atoms with Crippen LogP contribution in [0.1, 0.15) is 29.0 Å². The van der Waals surface area contributed by atoms with Gasteiger partial charge in [-0.05, 0) is 23.8 Å². The number of nitrogens with two attached hydrogens (primary N) is 1.